The molecule has 0 aliphatic carbocycles. The van der Waals surface area contributed by atoms with Crippen LogP contribution in [0.1, 0.15) is 27.2 Å². The van der Waals surface area contributed by atoms with Crippen molar-refractivity contribution in [2.45, 2.75) is 19.9 Å². The molecule has 1 N–H and O–H groups in total. The molecule has 1 aliphatic heterocycles. The standard InChI is InChI=1S/C20H20N2O2/c1-13-3-8-18-16(11-13)17-12-22(10-9-19(17)21-18)20(23)14-4-6-15(24-2)7-5-14/h3-8,11,21H,9-10,12H2,1-2H3. The van der Waals surface area contributed by atoms with Crippen molar-refractivity contribution in [3.63, 3.8) is 0 Å². The number of nitrogens with one attached hydrogen (secondary N) is 1. The SMILES string of the molecule is COc1ccc(C(=O)N2CCc3[nH]c4ccc(C)cc4c3C2)cc1. The Kier molecular flexibility index (Phi) is 3.53. The Bertz CT molecular complexity index is 909. The highest BCUT2D eigenvalue weighted by Gasteiger charge is 2.24. The first kappa shape index (κ1) is 14.8. The summed E-state index contributed by atoms with van der Waals surface area (Å²) in [7, 11) is 1.63. The fourth-order valence-electron chi connectivity index (χ4n) is 3.42. The van der Waals surface area contributed by atoms with Gasteiger partial charge in [0.25, 0.3) is 5.91 Å². The smallest absolute Gasteiger partial charge is 0.254 e. The average molecular weight is 320 g/mol. The van der Waals surface area contributed by atoms with Crippen LogP contribution in [0.4, 0.5) is 0 Å². The molecule has 2 aromatic carbocycles. The molecular formula is C20H20N2O2. The van der Waals surface area contributed by atoms with Gasteiger partial charge in [-0.05, 0) is 43.3 Å². The van der Waals surface area contributed by atoms with Gasteiger partial charge in [0.05, 0.1) is 7.11 Å². The topological polar surface area (TPSA) is 45.3 Å². The van der Waals surface area contributed by atoms with Gasteiger partial charge in [-0.15, -0.1) is 0 Å². The van der Waals surface area contributed by atoms with Crippen LogP contribution in [0, 0.1) is 6.92 Å². The number of amides is 1. The minimum Gasteiger partial charge on any atom is -0.497 e. The second kappa shape index (κ2) is 5.71. The van der Waals surface area contributed by atoms with Gasteiger partial charge in [0.1, 0.15) is 5.75 Å². The van der Waals surface area contributed by atoms with E-state index in [4.69, 9.17) is 4.74 Å². The highest BCUT2D eigenvalue weighted by atomic mass is 16.5. The monoisotopic (exact) mass is 320 g/mol. The molecule has 1 aliphatic rings. The number of carbonyl (C=O) groups excluding carboxylic acids is 1. The van der Waals surface area contributed by atoms with Crippen molar-refractivity contribution in [1.29, 1.82) is 0 Å². The number of H-pyrrole nitrogens is 1. The van der Waals surface area contributed by atoms with Crippen molar-refractivity contribution in [1.82, 2.24) is 9.88 Å². The van der Waals surface area contributed by atoms with Crippen molar-refractivity contribution >= 4 is 16.8 Å². The number of carbonyl (C=O) groups is 1. The summed E-state index contributed by atoms with van der Waals surface area (Å²) >= 11 is 0. The van der Waals surface area contributed by atoms with Crippen LogP contribution in [-0.4, -0.2) is 29.4 Å². The van der Waals surface area contributed by atoms with Crippen LogP contribution in [-0.2, 0) is 13.0 Å². The lowest BCUT2D eigenvalue weighted by atomic mass is 10.0. The Balaban J connectivity index is 1.64. The summed E-state index contributed by atoms with van der Waals surface area (Å²) < 4.78 is 5.16. The normalized spacial score (nSPS) is 13.8. The minimum atomic E-state index is 0.0744. The molecule has 0 unspecified atom stereocenters. The van der Waals surface area contributed by atoms with Gasteiger partial charge in [0.15, 0.2) is 0 Å². The molecule has 4 nitrogen and oxygen atoms in total. The molecule has 24 heavy (non-hydrogen) atoms. The molecule has 122 valence electrons. The van der Waals surface area contributed by atoms with E-state index in [1.54, 1.807) is 7.11 Å². The summed E-state index contributed by atoms with van der Waals surface area (Å²) in [6.07, 6.45) is 0.866. The molecule has 3 aromatic rings. The van der Waals surface area contributed by atoms with E-state index in [-0.39, 0.29) is 5.91 Å². The second-order valence-corrected chi connectivity index (χ2v) is 6.34. The largest absolute Gasteiger partial charge is 0.497 e. The lowest BCUT2D eigenvalue weighted by molar-refractivity contribution is 0.0735. The van der Waals surface area contributed by atoms with E-state index >= 15 is 0 Å². The summed E-state index contributed by atoms with van der Waals surface area (Å²) in [5.74, 6) is 0.838. The molecule has 4 heteroatoms. The Hall–Kier alpha value is -2.75. The summed E-state index contributed by atoms with van der Waals surface area (Å²) in [5, 5.41) is 1.23. The summed E-state index contributed by atoms with van der Waals surface area (Å²) in [4.78, 5) is 18.2. The predicted molar refractivity (Wildman–Crippen MR) is 94.5 cm³/mol. The maximum atomic E-state index is 12.8. The van der Waals surface area contributed by atoms with E-state index in [0.29, 0.717) is 12.1 Å². The zero-order valence-corrected chi connectivity index (χ0v) is 13.9. The van der Waals surface area contributed by atoms with Gasteiger partial charge < -0.3 is 14.6 Å². The van der Waals surface area contributed by atoms with Crippen LogP contribution in [0.3, 0.4) is 0 Å². The summed E-state index contributed by atoms with van der Waals surface area (Å²) in [6.45, 7) is 3.50. The van der Waals surface area contributed by atoms with Crippen molar-refractivity contribution in [3.8, 4) is 5.75 Å². The van der Waals surface area contributed by atoms with Crippen LogP contribution in [0.5, 0.6) is 5.75 Å². The van der Waals surface area contributed by atoms with E-state index in [2.05, 4.69) is 30.1 Å². The number of ether oxygens (including phenoxy) is 1. The Labute approximate surface area is 141 Å². The quantitative estimate of drug-likeness (QED) is 0.783. The molecule has 0 atom stereocenters. The Morgan fingerprint density at radius 2 is 1.96 bits per heavy atom. The van der Waals surface area contributed by atoms with Gasteiger partial charge in [-0.1, -0.05) is 11.6 Å². The van der Waals surface area contributed by atoms with Gasteiger partial charge in [0.2, 0.25) is 0 Å². The third kappa shape index (κ3) is 2.44. The van der Waals surface area contributed by atoms with Gasteiger partial charge in [-0.3, -0.25) is 4.79 Å². The number of hydrogen-bond acceptors (Lipinski definition) is 2. The lowest BCUT2D eigenvalue weighted by Crippen LogP contribution is -2.35. The van der Waals surface area contributed by atoms with Gasteiger partial charge >= 0.3 is 0 Å². The van der Waals surface area contributed by atoms with Crippen LogP contribution < -0.4 is 4.74 Å². The average Bonchev–Trinajstić information content (AvgIpc) is 2.98. The molecule has 4 rings (SSSR count). The number of fused-ring (bicyclic) bond motifs is 3. The zero-order valence-electron chi connectivity index (χ0n) is 13.9. The molecule has 2 heterocycles. The number of nitrogens with zero attached hydrogens (tertiary/aromatic N) is 1. The van der Waals surface area contributed by atoms with Gasteiger partial charge in [-0.25, -0.2) is 0 Å². The fraction of sp³-hybridized carbons (Fsp3) is 0.250. The number of aromatic nitrogens is 1. The van der Waals surface area contributed by atoms with Gasteiger partial charge in [0, 0.05) is 47.2 Å². The third-order valence-corrected chi connectivity index (χ3v) is 4.75. The van der Waals surface area contributed by atoms with Crippen molar-refractivity contribution in [2.24, 2.45) is 0 Å². The highest BCUT2D eigenvalue weighted by Crippen LogP contribution is 2.29. The molecule has 0 radical (unpaired) electrons. The van der Waals surface area contributed by atoms with Crippen LogP contribution in [0.2, 0.25) is 0 Å². The summed E-state index contributed by atoms with van der Waals surface area (Å²) in [6, 6.07) is 13.8. The number of rotatable bonds is 2. The van der Waals surface area contributed by atoms with Crippen LogP contribution in [0.25, 0.3) is 10.9 Å². The molecule has 0 saturated carbocycles. The Morgan fingerprint density at radius 1 is 1.17 bits per heavy atom. The van der Waals surface area contributed by atoms with Crippen molar-refractivity contribution in [2.75, 3.05) is 13.7 Å². The first-order chi connectivity index (χ1) is 11.7. The first-order valence-electron chi connectivity index (χ1n) is 8.19. The second-order valence-electron chi connectivity index (χ2n) is 6.34. The van der Waals surface area contributed by atoms with E-state index in [0.717, 1.165) is 24.2 Å². The maximum absolute atomic E-state index is 12.8. The third-order valence-electron chi connectivity index (χ3n) is 4.75. The number of hydrogen-bond donors (Lipinski definition) is 1. The molecule has 1 amide bonds. The van der Waals surface area contributed by atoms with E-state index < -0.39 is 0 Å². The van der Waals surface area contributed by atoms with Gasteiger partial charge in [-0.2, -0.15) is 0 Å². The predicted octanol–water partition coefficient (Wildman–Crippen LogP) is 3.68. The van der Waals surface area contributed by atoms with Crippen molar-refractivity contribution in [3.05, 3.63) is 64.8 Å². The number of aromatic amines is 1. The zero-order chi connectivity index (χ0) is 16.7. The fourth-order valence-corrected chi connectivity index (χ4v) is 3.42. The number of aryl methyl sites for hydroxylation is 1. The van der Waals surface area contributed by atoms with E-state index in [9.17, 15) is 4.79 Å². The number of benzene rings is 2. The molecule has 0 bridgehead atoms. The molecule has 0 saturated heterocycles. The minimum absolute atomic E-state index is 0.0744. The van der Waals surface area contributed by atoms with E-state index in [1.165, 1.54) is 22.2 Å². The van der Waals surface area contributed by atoms with Crippen LogP contribution >= 0.6 is 0 Å². The molecule has 1 aromatic heterocycles. The molecular weight excluding hydrogens is 300 g/mol. The Morgan fingerprint density at radius 3 is 2.71 bits per heavy atom. The first-order valence-corrected chi connectivity index (χ1v) is 8.19. The van der Waals surface area contributed by atoms with E-state index in [1.807, 2.05) is 29.2 Å². The summed E-state index contributed by atoms with van der Waals surface area (Å²) in [5.41, 5.74) is 5.61. The van der Waals surface area contributed by atoms with Crippen LogP contribution in [0.15, 0.2) is 42.5 Å². The maximum Gasteiger partial charge on any atom is 0.254 e. The molecule has 0 fully saturated rings. The lowest BCUT2D eigenvalue weighted by Gasteiger charge is -2.27. The molecule has 0 spiro atoms. The highest BCUT2D eigenvalue weighted by molar-refractivity contribution is 5.95. The number of methoxy groups -OCH3 is 1. The van der Waals surface area contributed by atoms with Crippen molar-refractivity contribution < 1.29 is 9.53 Å².